The van der Waals surface area contributed by atoms with Crippen LogP contribution in [0.5, 0.6) is 0 Å². The topological polar surface area (TPSA) is 66.5 Å². The average molecular weight is 250 g/mol. The third-order valence-electron chi connectivity index (χ3n) is 3.51. The molecule has 1 saturated heterocycles. The van der Waals surface area contributed by atoms with Crippen LogP contribution >= 0.6 is 0 Å². The predicted molar refractivity (Wildman–Crippen MR) is 65.4 cm³/mol. The monoisotopic (exact) mass is 250 g/mol. The summed E-state index contributed by atoms with van der Waals surface area (Å²) < 4.78 is 0. The standard InChI is InChI=1S/C13H18N2O3/c1-2-10-13(18)14-11(16)8-15(10)12(17)7-9-5-3-4-6-9/h3,5,9-10H,2,4,6-8H2,1H3,(H,14,16,18). The lowest BCUT2D eigenvalue weighted by Crippen LogP contribution is -2.59. The van der Waals surface area contributed by atoms with Gasteiger partial charge in [-0.3, -0.25) is 19.7 Å². The van der Waals surface area contributed by atoms with Gasteiger partial charge in [-0.25, -0.2) is 0 Å². The van der Waals surface area contributed by atoms with E-state index in [9.17, 15) is 14.4 Å². The minimum absolute atomic E-state index is 0.000482. The molecule has 2 aliphatic rings. The van der Waals surface area contributed by atoms with Gasteiger partial charge in [-0.1, -0.05) is 19.1 Å². The summed E-state index contributed by atoms with van der Waals surface area (Å²) in [6, 6.07) is -0.499. The summed E-state index contributed by atoms with van der Waals surface area (Å²) in [5, 5.41) is 2.27. The lowest BCUT2D eigenvalue weighted by atomic mass is 10.0. The summed E-state index contributed by atoms with van der Waals surface area (Å²) in [5.74, 6) is -0.583. The molecule has 1 heterocycles. The van der Waals surface area contributed by atoms with Gasteiger partial charge in [0.2, 0.25) is 17.7 Å². The zero-order valence-electron chi connectivity index (χ0n) is 10.5. The van der Waals surface area contributed by atoms with Crippen LogP contribution in [0.4, 0.5) is 0 Å². The highest BCUT2D eigenvalue weighted by atomic mass is 16.2. The Kier molecular flexibility index (Phi) is 3.79. The second-order valence-electron chi connectivity index (χ2n) is 4.83. The fraction of sp³-hybridized carbons (Fsp3) is 0.615. The van der Waals surface area contributed by atoms with Crippen LogP contribution in [0.15, 0.2) is 12.2 Å². The largest absolute Gasteiger partial charge is 0.321 e. The van der Waals surface area contributed by atoms with E-state index in [1.54, 1.807) is 0 Å². The van der Waals surface area contributed by atoms with Gasteiger partial charge in [-0.2, -0.15) is 0 Å². The van der Waals surface area contributed by atoms with Crippen LogP contribution in [-0.4, -0.2) is 35.2 Å². The summed E-state index contributed by atoms with van der Waals surface area (Å²) in [4.78, 5) is 36.6. The van der Waals surface area contributed by atoms with Crippen LogP contribution in [-0.2, 0) is 14.4 Å². The molecule has 98 valence electrons. The van der Waals surface area contributed by atoms with Crippen LogP contribution < -0.4 is 5.32 Å². The molecule has 1 aliphatic carbocycles. The molecular formula is C13H18N2O3. The van der Waals surface area contributed by atoms with Crippen molar-refractivity contribution < 1.29 is 14.4 Å². The zero-order chi connectivity index (χ0) is 13.1. The maximum atomic E-state index is 12.2. The molecule has 18 heavy (non-hydrogen) atoms. The maximum absolute atomic E-state index is 12.2. The van der Waals surface area contributed by atoms with Gasteiger partial charge < -0.3 is 4.90 Å². The number of piperazine rings is 1. The number of nitrogens with one attached hydrogen (secondary N) is 1. The molecule has 1 N–H and O–H groups in total. The van der Waals surface area contributed by atoms with E-state index in [4.69, 9.17) is 0 Å². The molecule has 3 amide bonds. The number of imide groups is 1. The van der Waals surface area contributed by atoms with Crippen molar-refractivity contribution in [3.63, 3.8) is 0 Å². The molecule has 0 spiro atoms. The van der Waals surface area contributed by atoms with Crippen molar-refractivity contribution >= 4 is 17.7 Å². The van der Waals surface area contributed by atoms with Crippen molar-refractivity contribution in [3.8, 4) is 0 Å². The molecule has 1 aliphatic heterocycles. The van der Waals surface area contributed by atoms with E-state index in [0.717, 1.165) is 12.8 Å². The summed E-state index contributed by atoms with van der Waals surface area (Å²) >= 11 is 0. The zero-order valence-corrected chi connectivity index (χ0v) is 10.5. The van der Waals surface area contributed by atoms with Gasteiger partial charge in [-0.05, 0) is 25.2 Å². The smallest absolute Gasteiger partial charge is 0.249 e. The first kappa shape index (κ1) is 12.8. The molecular weight excluding hydrogens is 232 g/mol. The summed E-state index contributed by atoms with van der Waals surface area (Å²) in [6.07, 6.45) is 7.04. The SMILES string of the molecule is CCC1C(=O)NC(=O)CN1C(=O)CC1C=CCC1. The molecule has 0 aromatic heterocycles. The third-order valence-corrected chi connectivity index (χ3v) is 3.51. The van der Waals surface area contributed by atoms with E-state index in [1.165, 1.54) is 4.90 Å². The Balaban J connectivity index is 2.03. The number of amides is 3. The van der Waals surface area contributed by atoms with Crippen LogP contribution in [0, 0.1) is 5.92 Å². The number of rotatable bonds is 3. The molecule has 2 unspecified atom stereocenters. The molecule has 2 rings (SSSR count). The van der Waals surface area contributed by atoms with E-state index >= 15 is 0 Å². The minimum atomic E-state index is -0.499. The van der Waals surface area contributed by atoms with Crippen molar-refractivity contribution in [1.82, 2.24) is 10.2 Å². The fourth-order valence-electron chi connectivity index (χ4n) is 2.54. The lowest BCUT2D eigenvalue weighted by molar-refractivity contribution is -0.150. The van der Waals surface area contributed by atoms with Gasteiger partial charge in [-0.15, -0.1) is 0 Å². The highest BCUT2D eigenvalue weighted by molar-refractivity contribution is 6.04. The molecule has 5 nitrogen and oxygen atoms in total. The number of allylic oxidation sites excluding steroid dienone is 2. The fourth-order valence-corrected chi connectivity index (χ4v) is 2.54. The number of hydrogen-bond acceptors (Lipinski definition) is 3. The van der Waals surface area contributed by atoms with Crippen molar-refractivity contribution in [2.24, 2.45) is 5.92 Å². The quantitative estimate of drug-likeness (QED) is 0.589. The average Bonchev–Trinajstić information content (AvgIpc) is 2.80. The molecule has 0 radical (unpaired) electrons. The van der Waals surface area contributed by atoms with Crippen molar-refractivity contribution in [3.05, 3.63) is 12.2 Å². The summed E-state index contributed by atoms with van der Waals surface area (Å²) in [7, 11) is 0. The van der Waals surface area contributed by atoms with E-state index in [2.05, 4.69) is 11.4 Å². The third kappa shape index (κ3) is 2.60. The molecule has 2 atom stereocenters. The van der Waals surface area contributed by atoms with Crippen LogP contribution in [0.2, 0.25) is 0 Å². The maximum Gasteiger partial charge on any atom is 0.249 e. The Hall–Kier alpha value is -1.65. The predicted octanol–water partition coefficient (Wildman–Crippen LogP) is 0.606. The first-order chi connectivity index (χ1) is 8.61. The second-order valence-corrected chi connectivity index (χ2v) is 4.83. The number of carbonyl (C=O) groups excluding carboxylic acids is 3. The summed E-state index contributed by atoms with van der Waals surface area (Å²) in [5.41, 5.74) is 0. The Morgan fingerprint density at radius 3 is 2.89 bits per heavy atom. The first-order valence-electron chi connectivity index (χ1n) is 6.41. The van der Waals surface area contributed by atoms with E-state index in [-0.39, 0.29) is 30.2 Å². The Morgan fingerprint density at radius 2 is 2.28 bits per heavy atom. The van der Waals surface area contributed by atoms with Gasteiger partial charge >= 0.3 is 0 Å². The van der Waals surface area contributed by atoms with Crippen LogP contribution in [0.25, 0.3) is 0 Å². The first-order valence-corrected chi connectivity index (χ1v) is 6.41. The highest BCUT2D eigenvalue weighted by Crippen LogP contribution is 2.22. The number of nitrogens with zero attached hydrogens (tertiary/aromatic N) is 1. The highest BCUT2D eigenvalue weighted by Gasteiger charge is 2.35. The van der Waals surface area contributed by atoms with Gasteiger partial charge in [0.25, 0.3) is 0 Å². The Morgan fingerprint density at radius 1 is 1.50 bits per heavy atom. The van der Waals surface area contributed by atoms with Gasteiger partial charge in [0.15, 0.2) is 0 Å². The van der Waals surface area contributed by atoms with Crippen LogP contribution in [0.3, 0.4) is 0 Å². The van der Waals surface area contributed by atoms with E-state index in [1.807, 2.05) is 13.0 Å². The summed E-state index contributed by atoms with van der Waals surface area (Å²) in [6.45, 7) is 1.84. The molecule has 0 bridgehead atoms. The Labute approximate surface area is 106 Å². The lowest BCUT2D eigenvalue weighted by Gasteiger charge is -2.33. The van der Waals surface area contributed by atoms with Crippen molar-refractivity contribution in [2.45, 2.75) is 38.6 Å². The minimum Gasteiger partial charge on any atom is -0.321 e. The molecule has 1 fully saturated rings. The normalized spacial score (nSPS) is 27.5. The second kappa shape index (κ2) is 5.33. The molecule has 0 saturated carbocycles. The van der Waals surface area contributed by atoms with Crippen molar-refractivity contribution in [2.75, 3.05) is 6.54 Å². The van der Waals surface area contributed by atoms with Crippen LogP contribution in [0.1, 0.15) is 32.6 Å². The van der Waals surface area contributed by atoms with Crippen molar-refractivity contribution in [1.29, 1.82) is 0 Å². The molecule has 0 aromatic rings. The molecule has 0 aromatic carbocycles. The van der Waals surface area contributed by atoms with Gasteiger partial charge in [0.1, 0.15) is 12.6 Å². The number of carbonyl (C=O) groups is 3. The van der Waals surface area contributed by atoms with E-state index in [0.29, 0.717) is 12.8 Å². The van der Waals surface area contributed by atoms with E-state index < -0.39 is 6.04 Å². The molecule has 5 heteroatoms. The van der Waals surface area contributed by atoms with Gasteiger partial charge in [0.05, 0.1) is 0 Å². The number of hydrogen-bond donors (Lipinski definition) is 1. The Bertz CT molecular complexity index is 403. The van der Waals surface area contributed by atoms with Gasteiger partial charge in [0, 0.05) is 6.42 Å².